The molecule has 5 aromatic rings. The van der Waals surface area contributed by atoms with E-state index in [1.165, 1.54) is 24.3 Å². The Bertz CT molecular complexity index is 1410. The minimum Gasteiger partial charge on any atom is -0.486 e. The number of nitrogens with zero attached hydrogens (tertiary/aromatic N) is 2. The lowest BCUT2D eigenvalue weighted by atomic mass is 10.1. The molecule has 1 N–H and O–H groups in total. The van der Waals surface area contributed by atoms with Crippen molar-refractivity contribution in [2.45, 2.75) is 13.2 Å². The molecular formula is C28H22FN3O3. The van der Waals surface area contributed by atoms with Crippen LogP contribution < -0.4 is 10.1 Å². The Labute approximate surface area is 201 Å². The Balaban J connectivity index is 1.28. The molecule has 7 heteroatoms. The molecule has 0 saturated carbocycles. The van der Waals surface area contributed by atoms with Crippen molar-refractivity contribution in [1.29, 1.82) is 0 Å². The number of rotatable bonds is 8. The van der Waals surface area contributed by atoms with Crippen LogP contribution in [0.3, 0.4) is 0 Å². The summed E-state index contributed by atoms with van der Waals surface area (Å²) in [7, 11) is 0. The van der Waals surface area contributed by atoms with Crippen LogP contribution in [0.4, 0.5) is 4.39 Å². The van der Waals surface area contributed by atoms with Crippen molar-refractivity contribution in [1.82, 2.24) is 15.1 Å². The average molecular weight is 468 g/mol. The van der Waals surface area contributed by atoms with Crippen molar-refractivity contribution in [2.24, 2.45) is 0 Å². The molecule has 0 fully saturated rings. The van der Waals surface area contributed by atoms with Gasteiger partial charge in [-0.25, -0.2) is 9.07 Å². The maximum absolute atomic E-state index is 13.0. The monoisotopic (exact) mass is 467 g/mol. The molecule has 3 aromatic carbocycles. The summed E-state index contributed by atoms with van der Waals surface area (Å²) in [5, 5.41) is 7.68. The van der Waals surface area contributed by atoms with E-state index in [2.05, 4.69) is 5.32 Å². The average Bonchev–Trinajstić information content (AvgIpc) is 3.56. The Morgan fingerprint density at radius 2 is 1.63 bits per heavy atom. The number of halogens is 1. The molecule has 2 aromatic heterocycles. The van der Waals surface area contributed by atoms with Crippen molar-refractivity contribution in [2.75, 3.05) is 0 Å². The van der Waals surface area contributed by atoms with E-state index in [-0.39, 0.29) is 30.6 Å². The number of carbonyl (C=O) groups excluding carboxylic acids is 1. The van der Waals surface area contributed by atoms with Crippen molar-refractivity contribution < 1.29 is 18.3 Å². The molecular weight excluding hydrogens is 445 g/mol. The number of furan rings is 1. The highest BCUT2D eigenvalue weighted by molar-refractivity contribution is 5.91. The number of aromatic nitrogens is 2. The number of benzene rings is 3. The predicted molar refractivity (Wildman–Crippen MR) is 130 cm³/mol. The van der Waals surface area contributed by atoms with Gasteiger partial charge in [0.2, 0.25) is 0 Å². The predicted octanol–water partition coefficient (Wildman–Crippen LogP) is 5.78. The molecule has 0 aliphatic carbocycles. The van der Waals surface area contributed by atoms with Crippen LogP contribution in [0, 0.1) is 5.82 Å². The maximum atomic E-state index is 13.0. The lowest BCUT2D eigenvalue weighted by molar-refractivity contribution is 0.0919. The number of nitrogens with one attached hydrogen (secondary N) is 1. The molecule has 0 spiro atoms. The molecule has 0 saturated heterocycles. The molecule has 5 rings (SSSR count). The molecule has 0 bridgehead atoms. The summed E-state index contributed by atoms with van der Waals surface area (Å²) in [4.78, 5) is 12.8. The fourth-order valence-electron chi connectivity index (χ4n) is 3.62. The molecule has 0 atom stereocenters. The van der Waals surface area contributed by atoms with Crippen molar-refractivity contribution in [3.05, 3.63) is 126 Å². The fourth-order valence-corrected chi connectivity index (χ4v) is 3.62. The first-order valence-electron chi connectivity index (χ1n) is 11.1. The smallest absolute Gasteiger partial charge is 0.287 e. The minimum atomic E-state index is -0.343. The lowest BCUT2D eigenvalue weighted by Gasteiger charge is -2.05. The Hall–Kier alpha value is -4.65. The molecule has 174 valence electrons. The number of para-hydroxylation sites is 1. The van der Waals surface area contributed by atoms with Crippen molar-refractivity contribution in [3.63, 3.8) is 0 Å². The largest absolute Gasteiger partial charge is 0.486 e. The van der Waals surface area contributed by atoms with Gasteiger partial charge in [-0.15, -0.1) is 0 Å². The molecule has 6 nitrogen and oxygen atoms in total. The summed E-state index contributed by atoms with van der Waals surface area (Å²) >= 11 is 0. The van der Waals surface area contributed by atoms with E-state index in [4.69, 9.17) is 14.3 Å². The van der Waals surface area contributed by atoms with E-state index in [9.17, 15) is 9.18 Å². The molecule has 0 aliphatic rings. The number of hydrogen-bond donors (Lipinski definition) is 1. The van der Waals surface area contributed by atoms with Gasteiger partial charge >= 0.3 is 0 Å². The summed E-state index contributed by atoms with van der Waals surface area (Å²) < 4.78 is 26.0. The Morgan fingerprint density at radius 1 is 0.914 bits per heavy atom. The first kappa shape index (κ1) is 22.2. The van der Waals surface area contributed by atoms with Crippen LogP contribution in [-0.2, 0) is 13.2 Å². The summed E-state index contributed by atoms with van der Waals surface area (Å²) in [6, 6.07) is 28.6. The standard InChI is InChI=1S/C28H22FN3O3/c29-22-11-13-24(14-12-22)34-19-25-15-16-26(35-25)28(33)30-17-21-18-32(23-9-5-2-6-10-23)31-27(21)20-7-3-1-4-8-20/h1-16,18H,17,19H2,(H,30,33). The number of carbonyl (C=O) groups is 1. The second-order valence-electron chi connectivity index (χ2n) is 7.84. The fraction of sp³-hybridized carbons (Fsp3) is 0.0714. The van der Waals surface area contributed by atoms with E-state index < -0.39 is 0 Å². The molecule has 1 amide bonds. The molecule has 0 unspecified atom stereocenters. The van der Waals surface area contributed by atoms with Gasteiger partial charge in [0.05, 0.1) is 11.4 Å². The van der Waals surface area contributed by atoms with Gasteiger partial charge in [0.1, 0.15) is 23.9 Å². The third kappa shape index (κ3) is 5.30. The van der Waals surface area contributed by atoms with Crippen LogP contribution in [-0.4, -0.2) is 15.7 Å². The molecule has 0 aliphatic heterocycles. The van der Waals surface area contributed by atoms with Gasteiger partial charge in [-0.1, -0.05) is 48.5 Å². The van der Waals surface area contributed by atoms with Crippen LogP contribution >= 0.6 is 0 Å². The summed E-state index contributed by atoms with van der Waals surface area (Å²) in [5.41, 5.74) is 3.56. The van der Waals surface area contributed by atoms with Crippen LogP contribution in [0.25, 0.3) is 16.9 Å². The van der Waals surface area contributed by atoms with Crippen LogP contribution in [0.1, 0.15) is 21.9 Å². The molecule has 2 heterocycles. The normalized spacial score (nSPS) is 10.8. The highest BCUT2D eigenvalue weighted by Gasteiger charge is 2.16. The lowest BCUT2D eigenvalue weighted by Crippen LogP contribution is -2.22. The molecule has 0 radical (unpaired) electrons. The zero-order chi connectivity index (χ0) is 24.0. The number of hydrogen-bond acceptors (Lipinski definition) is 4. The van der Waals surface area contributed by atoms with Gasteiger partial charge in [-0.2, -0.15) is 5.10 Å². The van der Waals surface area contributed by atoms with Gasteiger partial charge in [0.25, 0.3) is 5.91 Å². The SMILES string of the molecule is O=C(NCc1cn(-c2ccccc2)nc1-c1ccccc1)c1ccc(COc2ccc(F)cc2)o1. The van der Waals surface area contributed by atoms with E-state index in [0.717, 1.165) is 22.5 Å². The van der Waals surface area contributed by atoms with E-state index in [1.807, 2.05) is 71.5 Å². The number of ether oxygens (including phenoxy) is 1. The maximum Gasteiger partial charge on any atom is 0.287 e. The summed E-state index contributed by atoms with van der Waals surface area (Å²) in [6.45, 7) is 0.402. The van der Waals surface area contributed by atoms with Crippen molar-refractivity contribution >= 4 is 5.91 Å². The zero-order valence-electron chi connectivity index (χ0n) is 18.7. The van der Waals surface area contributed by atoms with E-state index in [0.29, 0.717) is 11.5 Å². The van der Waals surface area contributed by atoms with Crippen LogP contribution in [0.2, 0.25) is 0 Å². The van der Waals surface area contributed by atoms with Gasteiger partial charge in [0.15, 0.2) is 5.76 Å². The van der Waals surface area contributed by atoms with Gasteiger partial charge in [-0.05, 0) is 48.5 Å². The quantitative estimate of drug-likeness (QED) is 0.314. The third-order valence-corrected chi connectivity index (χ3v) is 5.38. The molecule has 35 heavy (non-hydrogen) atoms. The second-order valence-corrected chi connectivity index (χ2v) is 7.84. The topological polar surface area (TPSA) is 69.3 Å². The third-order valence-electron chi connectivity index (χ3n) is 5.38. The van der Waals surface area contributed by atoms with Gasteiger partial charge in [0, 0.05) is 23.9 Å². The van der Waals surface area contributed by atoms with E-state index in [1.54, 1.807) is 12.1 Å². The number of amides is 1. The Kier molecular flexibility index (Phi) is 6.39. The zero-order valence-corrected chi connectivity index (χ0v) is 18.7. The van der Waals surface area contributed by atoms with Gasteiger partial charge in [-0.3, -0.25) is 4.79 Å². The highest BCUT2D eigenvalue weighted by Crippen LogP contribution is 2.24. The minimum absolute atomic E-state index is 0.126. The second kappa shape index (κ2) is 10.1. The first-order chi connectivity index (χ1) is 17.2. The highest BCUT2D eigenvalue weighted by atomic mass is 19.1. The summed E-state index contributed by atoms with van der Waals surface area (Å²) in [5.74, 6) is 0.502. The van der Waals surface area contributed by atoms with Crippen LogP contribution in [0.15, 0.2) is 108 Å². The van der Waals surface area contributed by atoms with Gasteiger partial charge < -0.3 is 14.5 Å². The van der Waals surface area contributed by atoms with Crippen LogP contribution in [0.5, 0.6) is 5.75 Å². The first-order valence-corrected chi connectivity index (χ1v) is 11.1. The summed E-state index contributed by atoms with van der Waals surface area (Å²) in [6.07, 6.45) is 1.92. The van der Waals surface area contributed by atoms with E-state index >= 15 is 0 Å². The van der Waals surface area contributed by atoms with Crippen molar-refractivity contribution in [3.8, 4) is 22.7 Å². The Morgan fingerprint density at radius 3 is 2.37 bits per heavy atom.